The quantitative estimate of drug-likeness (QED) is 0.862. The highest BCUT2D eigenvalue weighted by atomic mass is 19.1. The molecule has 0 saturated carbocycles. The Bertz CT molecular complexity index is 505. The summed E-state index contributed by atoms with van der Waals surface area (Å²) in [6.07, 6.45) is 3.83. The van der Waals surface area contributed by atoms with E-state index in [4.69, 9.17) is 0 Å². The van der Waals surface area contributed by atoms with E-state index < -0.39 is 11.5 Å². The normalized spacial score (nSPS) is 24.1. The van der Waals surface area contributed by atoms with Crippen LogP contribution in [-0.4, -0.2) is 28.1 Å². The molecule has 1 saturated heterocycles. The van der Waals surface area contributed by atoms with Gasteiger partial charge in [0.05, 0.1) is 0 Å². The van der Waals surface area contributed by atoms with E-state index in [0.717, 1.165) is 31.4 Å². The van der Waals surface area contributed by atoms with Gasteiger partial charge in [-0.25, -0.2) is 4.39 Å². The summed E-state index contributed by atoms with van der Waals surface area (Å²) in [6.45, 7) is 4.82. The van der Waals surface area contributed by atoms with Gasteiger partial charge in [-0.1, -0.05) is 32.4 Å². The van der Waals surface area contributed by atoms with E-state index in [1.807, 2.05) is 19.9 Å². The zero-order chi connectivity index (χ0) is 15.5. The van der Waals surface area contributed by atoms with Gasteiger partial charge in [0.2, 0.25) is 0 Å². The van der Waals surface area contributed by atoms with Gasteiger partial charge in [-0.15, -0.1) is 0 Å². The molecular formula is C17H24FNO2. The molecule has 1 fully saturated rings. The third-order valence-corrected chi connectivity index (χ3v) is 4.60. The summed E-state index contributed by atoms with van der Waals surface area (Å²) in [5.74, 6) is -1.00. The predicted molar refractivity (Wildman–Crippen MR) is 80.6 cm³/mol. The molecule has 1 N–H and O–H groups in total. The third-order valence-electron chi connectivity index (χ3n) is 4.60. The maximum atomic E-state index is 13.5. The lowest BCUT2D eigenvalue weighted by atomic mass is 9.88. The van der Waals surface area contributed by atoms with Crippen LogP contribution in [0, 0.1) is 5.82 Å². The van der Waals surface area contributed by atoms with Crippen LogP contribution in [0.3, 0.4) is 0 Å². The lowest BCUT2D eigenvalue weighted by Gasteiger charge is -2.40. The molecule has 1 heterocycles. The molecule has 116 valence electrons. The molecule has 3 nitrogen and oxygen atoms in total. The van der Waals surface area contributed by atoms with E-state index >= 15 is 0 Å². The fourth-order valence-electron chi connectivity index (χ4n) is 3.72. The SMILES string of the molecule is CCCC1(C(=O)O)CCCN1C(CC)c1cccc(F)c1. The van der Waals surface area contributed by atoms with Crippen molar-refractivity contribution in [3.8, 4) is 0 Å². The van der Waals surface area contributed by atoms with E-state index in [1.165, 1.54) is 12.1 Å². The molecule has 1 aromatic rings. The number of benzene rings is 1. The zero-order valence-corrected chi connectivity index (χ0v) is 12.8. The van der Waals surface area contributed by atoms with Crippen molar-refractivity contribution in [1.29, 1.82) is 0 Å². The number of halogens is 1. The Hall–Kier alpha value is -1.42. The first-order valence-corrected chi connectivity index (χ1v) is 7.80. The molecule has 0 aliphatic carbocycles. The van der Waals surface area contributed by atoms with Gasteiger partial charge in [-0.05, 0) is 49.9 Å². The van der Waals surface area contributed by atoms with Gasteiger partial charge in [0.1, 0.15) is 11.4 Å². The second-order valence-electron chi connectivity index (χ2n) is 5.86. The first kappa shape index (κ1) is 16.0. The van der Waals surface area contributed by atoms with Gasteiger partial charge in [0.25, 0.3) is 0 Å². The van der Waals surface area contributed by atoms with Crippen LogP contribution in [0.4, 0.5) is 4.39 Å². The number of aliphatic carboxylic acids is 1. The lowest BCUT2D eigenvalue weighted by Crippen LogP contribution is -2.51. The van der Waals surface area contributed by atoms with Crippen molar-refractivity contribution in [1.82, 2.24) is 4.90 Å². The van der Waals surface area contributed by atoms with Gasteiger partial charge in [-0.3, -0.25) is 9.69 Å². The highest BCUT2D eigenvalue weighted by molar-refractivity contribution is 5.79. The van der Waals surface area contributed by atoms with Crippen molar-refractivity contribution in [3.63, 3.8) is 0 Å². The summed E-state index contributed by atoms with van der Waals surface area (Å²) in [4.78, 5) is 14.0. The number of hydrogen-bond acceptors (Lipinski definition) is 2. The lowest BCUT2D eigenvalue weighted by molar-refractivity contribution is -0.152. The average Bonchev–Trinajstić information content (AvgIpc) is 2.85. The molecule has 1 aliphatic rings. The number of carboxylic acids is 1. The minimum Gasteiger partial charge on any atom is -0.480 e. The second kappa shape index (κ2) is 6.56. The van der Waals surface area contributed by atoms with Gasteiger partial charge in [0.15, 0.2) is 0 Å². The van der Waals surface area contributed by atoms with Crippen LogP contribution in [0.1, 0.15) is 57.6 Å². The summed E-state index contributed by atoms with van der Waals surface area (Å²) >= 11 is 0. The van der Waals surface area contributed by atoms with Crippen molar-refractivity contribution in [2.45, 2.75) is 57.5 Å². The maximum Gasteiger partial charge on any atom is 0.324 e. The second-order valence-corrected chi connectivity index (χ2v) is 5.86. The van der Waals surface area contributed by atoms with Crippen LogP contribution < -0.4 is 0 Å². The topological polar surface area (TPSA) is 40.5 Å². The monoisotopic (exact) mass is 293 g/mol. The van der Waals surface area contributed by atoms with E-state index in [0.29, 0.717) is 12.8 Å². The Morgan fingerprint density at radius 2 is 2.24 bits per heavy atom. The predicted octanol–water partition coefficient (Wildman–Crippen LogP) is 4.00. The van der Waals surface area contributed by atoms with Gasteiger partial charge in [0, 0.05) is 6.04 Å². The number of carboxylic acid groups (broad SMARTS) is 1. The van der Waals surface area contributed by atoms with E-state index in [2.05, 4.69) is 4.90 Å². The fraction of sp³-hybridized carbons (Fsp3) is 0.588. The van der Waals surface area contributed by atoms with Crippen LogP contribution in [0.2, 0.25) is 0 Å². The molecule has 0 amide bonds. The van der Waals surface area contributed by atoms with Crippen LogP contribution >= 0.6 is 0 Å². The first-order valence-electron chi connectivity index (χ1n) is 7.80. The minimum atomic E-state index is -0.790. The van der Waals surface area contributed by atoms with Crippen molar-refractivity contribution in [2.75, 3.05) is 6.54 Å². The Morgan fingerprint density at radius 1 is 1.48 bits per heavy atom. The highest BCUT2D eigenvalue weighted by Crippen LogP contribution is 2.41. The summed E-state index contributed by atoms with van der Waals surface area (Å²) in [5.41, 5.74) is 0.0861. The van der Waals surface area contributed by atoms with Crippen LogP contribution in [0.15, 0.2) is 24.3 Å². The molecule has 1 aromatic carbocycles. The standard InChI is InChI=1S/C17H24FNO2/c1-3-9-17(16(20)21)10-6-11-19(17)15(4-2)13-7-5-8-14(18)12-13/h5,7-8,12,15H,3-4,6,9-11H2,1-2H3,(H,20,21). The summed E-state index contributed by atoms with van der Waals surface area (Å²) < 4.78 is 13.5. The first-order chi connectivity index (χ1) is 10.0. The Kier molecular flexibility index (Phi) is 4.99. The molecular weight excluding hydrogens is 269 g/mol. The molecule has 2 rings (SSSR count). The highest BCUT2D eigenvalue weighted by Gasteiger charge is 2.49. The van der Waals surface area contributed by atoms with Gasteiger partial charge in [-0.2, -0.15) is 0 Å². The summed E-state index contributed by atoms with van der Waals surface area (Å²) in [6, 6.07) is 6.52. The zero-order valence-electron chi connectivity index (χ0n) is 12.8. The van der Waals surface area contributed by atoms with Crippen LogP contribution in [0.5, 0.6) is 0 Å². The molecule has 1 aliphatic heterocycles. The van der Waals surface area contributed by atoms with Gasteiger partial charge >= 0.3 is 5.97 Å². The molecule has 2 unspecified atom stereocenters. The Labute approximate surface area is 125 Å². The summed E-state index contributed by atoms with van der Waals surface area (Å²) in [7, 11) is 0. The number of likely N-dealkylation sites (tertiary alicyclic amines) is 1. The number of carbonyl (C=O) groups is 1. The third kappa shape index (κ3) is 2.95. The van der Waals surface area contributed by atoms with Crippen molar-refractivity contribution in [2.24, 2.45) is 0 Å². The fourth-order valence-corrected chi connectivity index (χ4v) is 3.72. The molecule has 0 spiro atoms. The van der Waals surface area contributed by atoms with Crippen molar-refractivity contribution in [3.05, 3.63) is 35.6 Å². The number of rotatable bonds is 6. The summed E-state index contributed by atoms with van der Waals surface area (Å²) in [5, 5.41) is 9.80. The van der Waals surface area contributed by atoms with Crippen LogP contribution in [-0.2, 0) is 4.79 Å². The largest absolute Gasteiger partial charge is 0.480 e. The number of hydrogen-bond donors (Lipinski definition) is 1. The number of nitrogens with zero attached hydrogens (tertiary/aromatic N) is 1. The van der Waals surface area contributed by atoms with E-state index in [-0.39, 0.29) is 11.9 Å². The Morgan fingerprint density at radius 3 is 2.81 bits per heavy atom. The van der Waals surface area contributed by atoms with E-state index in [9.17, 15) is 14.3 Å². The molecule has 21 heavy (non-hydrogen) atoms. The minimum absolute atomic E-state index is 0.0363. The smallest absolute Gasteiger partial charge is 0.324 e. The van der Waals surface area contributed by atoms with Crippen molar-refractivity contribution >= 4 is 5.97 Å². The maximum absolute atomic E-state index is 13.5. The molecule has 0 bridgehead atoms. The van der Waals surface area contributed by atoms with Crippen LogP contribution in [0.25, 0.3) is 0 Å². The molecule has 2 atom stereocenters. The molecule has 0 aromatic heterocycles. The van der Waals surface area contributed by atoms with E-state index in [1.54, 1.807) is 6.07 Å². The van der Waals surface area contributed by atoms with Gasteiger partial charge < -0.3 is 5.11 Å². The molecule has 0 radical (unpaired) electrons. The Balaban J connectivity index is 2.38. The average molecular weight is 293 g/mol. The molecule has 4 heteroatoms. The van der Waals surface area contributed by atoms with Crippen molar-refractivity contribution < 1.29 is 14.3 Å².